The van der Waals surface area contributed by atoms with Crippen LogP contribution in [0.15, 0.2) is 78.9 Å². The molecule has 2 aliphatic rings. The average Bonchev–Trinajstić information content (AvgIpc) is 2.85. The van der Waals surface area contributed by atoms with Crippen molar-refractivity contribution < 1.29 is 4.79 Å². The molecular formula is C27H30N4O. The molecule has 5 rings (SSSR count). The number of para-hydroxylation sites is 1. The number of rotatable bonds is 5. The zero-order chi connectivity index (χ0) is 21.9. The standard InChI is InChI=1S/C27H30N4O/c1-21-9-8-14-24-25(21)27(32)28-26(22-10-4-2-5-11-22)31(24)20-17-29-15-18-30(19-16-29)23-12-6-3-7-13-23/h2-14,26H,15-20H2,1H3,(H,28,32). The number of hydrogen-bond donors (Lipinski definition) is 1. The first kappa shape index (κ1) is 20.6. The highest BCUT2D eigenvalue weighted by atomic mass is 16.2. The largest absolute Gasteiger partial charge is 0.369 e. The highest BCUT2D eigenvalue weighted by Gasteiger charge is 2.33. The molecule has 3 aromatic rings. The molecular weight excluding hydrogens is 396 g/mol. The molecule has 3 aromatic carbocycles. The first-order valence-corrected chi connectivity index (χ1v) is 11.4. The number of nitrogens with one attached hydrogen (secondary N) is 1. The summed E-state index contributed by atoms with van der Waals surface area (Å²) in [6.07, 6.45) is -0.149. The highest BCUT2D eigenvalue weighted by molar-refractivity contribution is 6.03. The predicted octanol–water partition coefficient (Wildman–Crippen LogP) is 4.07. The van der Waals surface area contributed by atoms with Crippen LogP contribution in [0.4, 0.5) is 11.4 Å². The number of aryl methyl sites for hydroxylation is 1. The molecule has 1 saturated heterocycles. The smallest absolute Gasteiger partial charge is 0.255 e. The summed E-state index contributed by atoms with van der Waals surface area (Å²) >= 11 is 0. The Kier molecular flexibility index (Phi) is 5.82. The number of benzene rings is 3. The molecule has 1 amide bonds. The van der Waals surface area contributed by atoms with Gasteiger partial charge in [-0.2, -0.15) is 0 Å². The van der Waals surface area contributed by atoms with Crippen LogP contribution in [0.3, 0.4) is 0 Å². The summed E-state index contributed by atoms with van der Waals surface area (Å²) in [6, 6.07) is 27.1. The minimum atomic E-state index is -0.149. The maximum absolute atomic E-state index is 13.0. The van der Waals surface area contributed by atoms with Crippen molar-refractivity contribution in [1.82, 2.24) is 10.2 Å². The van der Waals surface area contributed by atoms with Gasteiger partial charge in [-0.1, -0.05) is 60.7 Å². The number of piperazine rings is 1. The van der Waals surface area contributed by atoms with E-state index in [1.165, 1.54) is 5.69 Å². The number of nitrogens with zero attached hydrogens (tertiary/aromatic N) is 3. The van der Waals surface area contributed by atoms with Crippen LogP contribution in [0.1, 0.15) is 27.7 Å². The van der Waals surface area contributed by atoms with Crippen molar-refractivity contribution in [3.05, 3.63) is 95.6 Å². The van der Waals surface area contributed by atoms with Crippen molar-refractivity contribution in [2.45, 2.75) is 13.1 Å². The first-order chi connectivity index (χ1) is 15.7. The van der Waals surface area contributed by atoms with E-state index < -0.39 is 0 Å². The van der Waals surface area contributed by atoms with E-state index in [9.17, 15) is 4.79 Å². The second kappa shape index (κ2) is 9.05. The van der Waals surface area contributed by atoms with Crippen LogP contribution in [-0.2, 0) is 0 Å². The van der Waals surface area contributed by atoms with E-state index in [0.717, 1.165) is 61.6 Å². The van der Waals surface area contributed by atoms with E-state index in [1.54, 1.807) is 0 Å². The van der Waals surface area contributed by atoms with Gasteiger partial charge in [-0.25, -0.2) is 0 Å². The van der Waals surface area contributed by atoms with Gasteiger partial charge in [0.2, 0.25) is 0 Å². The van der Waals surface area contributed by atoms with Crippen molar-refractivity contribution in [2.24, 2.45) is 0 Å². The van der Waals surface area contributed by atoms with Crippen LogP contribution in [0.25, 0.3) is 0 Å². The molecule has 5 nitrogen and oxygen atoms in total. The molecule has 0 aliphatic carbocycles. The predicted molar refractivity (Wildman–Crippen MR) is 130 cm³/mol. The molecule has 0 radical (unpaired) electrons. The Bertz CT molecular complexity index is 1060. The fourth-order valence-corrected chi connectivity index (χ4v) is 4.87. The maximum Gasteiger partial charge on any atom is 0.255 e. The molecule has 0 saturated carbocycles. The highest BCUT2D eigenvalue weighted by Crippen LogP contribution is 2.34. The van der Waals surface area contributed by atoms with Gasteiger partial charge in [0.25, 0.3) is 5.91 Å². The average molecular weight is 427 g/mol. The zero-order valence-electron chi connectivity index (χ0n) is 18.6. The van der Waals surface area contributed by atoms with E-state index in [-0.39, 0.29) is 12.1 Å². The lowest BCUT2D eigenvalue weighted by Crippen LogP contribution is -2.52. The van der Waals surface area contributed by atoms with Crippen molar-refractivity contribution in [1.29, 1.82) is 0 Å². The molecule has 2 heterocycles. The van der Waals surface area contributed by atoms with E-state index >= 15 is 0 Å². The Morgan fingerprint density at radius 3 is 2.22 bits per heavy atom. The summed E-state index contributed by atoms with van der Waals surface area (Å²) in [5.74, 6) is 0.0136. The lowest BCUT2D eigenvalue weighted by atomic mass is 9.99. The molecule has 5 heteroatoms. The molecule has 32 heavy (non-hydrogen) atoms. The quantitative estimate of drug-likeness (QED) is 0.668. The van der Waals surface area contributed by atoms with Crippen LogP contribution in [-0.4, -0.2) is 50.1 Å². The minimum absolute atomic E-state index is 0.0136. The third kappa shape index (κ3) is 4.08. The van der Waals surface area contributed by atoms with Gasteiger partial charge in [-0.15, -0.1) is 0 Å². The summed E-state index contributed by atoms with van der Waals surface area (Å²) in [5.41, 5.74) is 5.27. The Morgan fingerprint density at radius 2 is 1.50 bits per heavy atom. The Hall–Kier alpha value is -3.31. The van der Waals surface area contributed by atoms with Crippen LogP contribution in [0.5, 0.6) is 0 Å². The van der Waals surface area contributed by atoms with Gasteiger partial charge in [0.05, 0.1) is 11.3 Å². The molecule has 1 N–H and O–H groups in total. The summed E-state index contributed by atoms with van der Waals surface area (Å²) in [7, 11) is 0. The number of anilines is 2. The molecule has 0 spiro atoms. The summed E-state index contributed by atoms with van der Waals surface area (Å²) in [4.78, 5) is 20.3. The van der Waals surface area contributed by atoms with Crippen molar-refractivity contribution in [2.75, 3.05) is 49.1 Å². The van der Waals surface area contributed by atoms with Gasteiger partial charge in [0.1, 0.15) is 6.17 Å². The summed E-state index contributed by atoms with van der Waals surface area (Å²) < 4.78 is 0. The molecule has 1 fully saturated rings. The number of amides is 1. The molecule has 0 aromatic heterocycles. The molecule has 164 valence electrons. The lowest BCUT2D eigenvalue weighted by Gasteiger charge is -2.42. The van der Waals surface area contributed by atoms with E-state index in [0.29, 0.717) is 0 Å². The molecule has 1 unspecified atom stereocenters. The van der Waals surface area contributed by atoms with E-state index in [4.69, 9.17) is 0 Å². The van der Waals surface area contributed by atoms with Crippen LogP contribution in [0.2, 0.25) is 0 Å². The fraction of sp³-hybridized carbons (Fsp3) is 0.296. The van der Waals surface area contributed by atoms with Crippen molar-refractivity contribution in [3.63, 3.8) is 0 Å². The van der Waals surface area contributed by atoms with Gasteiger partial charge < -0.3 is 15.1 Å². The third-order valence-corrected chi connectivity index (χ3v) is 6.63. The number of carbonyl (C=O) groups excluding carboxylic acids is 1. The molecule has 0 bridgehead atoms. The fourth-order valence-electron chi connectivity index (χ4n) is 4.87. The molecule has 2 aliphatic heterocycles. The second-order valence-corrected chi connectivity index (χ2v) is 8.61. The Balaban J connectivity index is 1.32. The SMILES string of the molecule is Cc1cccc2c1C(=O)NC(c1ccccc1)N2CCN1CCN(c2ccccc2)CC1. The second-order valence-electron chi connectivity index (χ2n) is 8.61. The zero-order valence-corrected chi connectivity index (χ0v) is 18.6. The summed E-state index contributed by atoms with van der Waals surface area (Å²) in [5, 5.41) is 3.26. The van der Waals surface area contributed by atoms with Crippen molar-refractivity contribution >= 4 is 17.3 Å². The van der Waals surface area contributed by atoms with Gasteiger partial charge in [-0.3, -0.25) is 9.69 Å². The maximum atomic E-state index is 13.0. The third-order valence-electron chi connectivity index (χ3n) is 6.63. The van der Waals surface area contributed by atoms with E-state index in [2.05, 4.69) is 74.6 Å². The minimum Gasteiger partial charge on any atom is -0.369 e. The van der Waals surface area contributed by atoms with Crippen LogP contribution >= 0.6 is 0 Å². The van der Waals surface area contributed by atoms with E-state index in [1.807, 2.05) is 31.2 Å². The number of fused-ring (bicyclic) bond motifs is 1. The molecule has 1 atom stereocenters. The van der Waals surface area contributed by atoms with Gasteiger partial charge in [0.15, 0.2) is 0 Å². The Morgan fingerprint density at radius 1 is 0.812 bits per heavy atom. The number of hydrogen-bond acceptors (Lipinski definition) is 4. The monoisotopic (exact) mass is 426 g/mol. The Labute approximate surface area is 190 Å². The van der Waals surface area contributed by atoms with Crippen molar-refractivity contribution in [3.8, 4) is 0 Å². The van der Waals surface area contributed by atoms with Gasteiger partial charge in [-0.05, 0) is 36.2 Å². The van der Waals surface area contributed by atoms with Crippen LogP contribution in [0, 0.1) is 6.92 Å². The lowest BCUT2D eigenvalue weighted by molar-refractivity contribution is 0.0924. The summed E-state index contributed by atoms with van der Waals surface area (Å²) in [6.45, 7) is 8.02. The number of carbonyl (C=O) groups is 1. The van der Waals surface area contributed by atoms with Crippen LogP contribution < -0.4 is 15.1 Å². The van der Waals surface area contributed by atoms with Gasteiger partial charge >= 0.3 is 0 Å². The topological polar surface area (TPSA) is 38.8 Å². The van der Waals surface area contributed by atoms with Gasteiger partial charge in [0, 0.05) is 45.0 Å². The normalized spacial score (nSPS) is 18.9. The first-order valence-electron chi connectivity index (χ1n) is 11.4.